The number of anilines is 3. The Morgan fingerprint density at radius 1 is 1.04 bits per heavy atom. The zero-order valence-corrected chi connectivity index (χ0v) is 16.2. The normalized spacial score (nSPS) is 11.7. The van der Waals surface area contributed by atoms with Crippen LogP contribution in [0.15, 0.2) is 61.2 Å². The van der Waals surface area contributed by atoms with Crippen molar-refractivity contribution in [1.82, 2.24) is 0 Å². The number of benzene rings is 2. The summed E-state index contributed by atoms with van der Waals surface area (Å²) in [7, 11) is 0. The number of rotatable bonds is 7. The van der Waals surface area contributed by atoms with E-state index in [1.54, 1.807) is 12.1 Å². The zero-order chi connectivity index (χ0) is 19.8. The topological polar surface area (TPSA) is 70.2 Å². The molecule has 0 aliphatic rings. The summed E-state index contributed by atoms with van der Waals surface area (Å²) in [6.45, 7) is 7.28. The molecule has 2 rings (SSSR count). The third kappa shape index (κ3) is 7.03. The van der Waals surface area contributed by atoms with Gasteiger partial charge in [-0.1, -0.05) is 18.7 Å². The second-order valence-corrected chi connectivity index (χ2v) is 6.82. The molecule has 0 aliphatic heterocycles. The highest BCUT2D eigenvalue weighted by molar-refractivity contribution is 7.81. The van der Waals surface area contributed by atoms with Gasteiger partial charge in [-0.25, -0.2) is 0 Å². The van der Waals surface area contributed by atoms with E-state index in [0.29, 0.717) is 11.4 Å². The number of thiol groups is 1. The summed E-state index contributed by atoms with van der Waals surface area (Å²) in [5, 5.41) is 8.71. The molecule has 6 heteroatoms. The summed E-state index contributed by atoms with van der Waals surface area (Å²) in [5.41, 5.74) is 3.99. The van der Waals surface area contributed by atoms with Gasteiger partial charge in [0, 0.05) is 23.1 Å². The van der Waals surface area contributed by atoms with Crippen LogP contribution in [0.2, 0.25) is 0 Å². The molecule has 0 heterocycles. The molecule has 5 nitrogen and oxygen atoms in total. The van der Waals surface area contributed by atoms with Gasteiger partial charge in [-0.05, 0) is 67.5 Å². The van der Waals surface area contributed by atoms with Gasteiger partial charge in [0.1, 0.15) is 0 Å². The summed E-state index contributed by atoms with van der Waals surface area (Å²) in [6, 6.07) is 13.0. The molecule has 0 aromatic heterocycles. The van der Waals surface area contributed by atoms with Crippen molar-refractivity contribution >= 4 is 47.6 Å². The molecule has 0 aliphatic carbocycles. The summed E-state index contributed by atoms with van der Waals surface area (Å²) >= 11 is 4.29. The number of amides is 2. The number of aryl methyl sites for hydroxylation is 1. The maximum absolute atomic E-state index is 12.2. The van der Waals surface area contributed by atoms with Crippen LogP contribution in [-0.2, 0) is 9.59 Å². The maximum atomic E-state index is 12.2. The van der Waals surface area contributed by atoms with Crippen molar-refractivity contribution in [3.63, 3.8) is 0 Å². The Balaban J connectivity index is 2.06. The molecule has 0 radical (unpaired) electrons. The van der Waals surface area contributed by atoms with Gasteiger partial charge in [-0.15, -0.1) is 0 Å². The SMILES string of the molecule is C=CC(=O)Nc1cc(C)cc(/C=C/C(=O)Nc2cccc(NC(C)S)c2)c1. The van der Waals surface area contributed by atoms with Gasteiger partial charge in [0.15, 0.2) is 0 Å². The highest BCUT2D eigenvalue weighted by Gasteiger charge is 2.03. The molecule has 3 N–H and O–H groups in total. The lowest BCUT2D eigenvalue weighted by Gasteiger charge is -2.10. The average molecular weight is 382 g/mol. The van der Waals surface area contributed by atoms with E-state index in [-0.39, 0.29) is 17.2 Å². The molecule has 2 aromatic rings. The Bertz CT molecular complexity index is 875. The van der Waals surface area contributed by atoms with E-state index < -0.39 is 0 Å². The third-order valence-corrected chi connectivity index (χ3v) is 3.61. The fourth-order valence-electron chi connectivity index (χ4n) is 2.46. The Kier molecular flexibility index (Phi) is 7.25. The molecule has 0 spiro atoms. The van der Waals surface area contributed by atoms with Crippen molar-refractivity contribution < 1.29 is 9.59 Å². The molecule has 2 amide bonds. The molecular weight excluding hydrogens is 358 g/mol. The van der Waals surface area contributed by atoms with Crippen LogP contribution in [0.25, 0.3) is 6.08 Å². The predicted molar refractivity (Wildman–Crippen MR) is 116 cm³/mol. The van der Waals surface area contributed by atoms with E-state index in [1.807, 2.05) is 50.2 Å². The highest BCUT2D eigenvalue weighted by Crippen LogP contribution is 2.18. The van der Waals surface area contributed by atoms with Crippen LogP contribution in [0.4, 0.5) is 17.1 Å². The lowest BCUT2D eigenvalue weighted by molar-refractivity contribution is -0.112. The van der Waals surface area contributed by atoms with E-state index in [1.165, 1.54) is 12.2 Å². The first-order valence-corrected chi connectivity index (χ1v) is 8.96. The second-order valence-electron chi connectivity index (χ2n) is 6.05. The van der Waals surface area contributed by atoms with Gasteiger partial charge < -0.3 is 16.0 Å². The van der Waals surface area contributed by atoms with Crippen molar-refractivity contribution in [2.75, 3.05) is 16.0 Å². The standard InChI is InChI=1S/C21H23N3O2S/c1-4-20(25)24-19-11-14(2)10-16(12-19)8-9-21(26)23-18-7-5-6-17(13-18)22-15(3)27/h4-13,15,22,27H,1H2,2-3H3,(H,23,26)(H,24,25)/b9-8+. The number of hydrogen-bond acceptors (Lipinski definition) is 4. The quantitative estimate of drug-likeness (QED) is 0.325. The van der Waals surface area contributed by atoms with Gasteiger partial charge >= 0.3 is 0 Å². The first kappa shape index (κ1) is 20.3. The van der Waals surface area contributed by atoms with E-state index in [9.17, 15) is 9.59 Å². The molecule has 0 fully saturated rings. The van der Waals surface area contributed by atoms with Crippen molar-refractivity contribution in [2.45, 2.75) is 19.2 Å². The predicted octanol–water partition coefficient (Wildman–Crippen LogP) is 4.46. The van der Waals surface area contributed by atoms with Gasteiger partial charge in [0.2, 0.25) is 11.8 Å². The average Bonchev–Trinajstić information content (AvgIpc) is 2.59. The summed E-state index contributed by atoms with van der Waals surface area (Å²) in [4.78, 5) is 23.6. The van der Waals surface area contributed by atoms with Gasteiger partial charge in [-0.3, -0.25) is 9.59 Å². The minimum absolute atomic E-state index is 0.00736. The molecule has 140 valence electrons. The molecule has 1 unspecified atom stereocenters. The lowest BCUT2D eigenvalue weighted by Crippen LogP contribution is -2.10. The van der Waals surface area contributed by atoms with Crippen LogP contribution in [0, 0.1) is 6.92 Å². The van der Waals surface area contributed by atoms with Crippen molar-refractivity contribution in [3.8, 4) is 0 Å². The van der Waals surface area contributed by atoms with Crippen LogP contribution >= 0.6 is 12.6 Å². The molecule has 0 saturated carbocycles. The molecule has 0 saturated heterocycles. The monoisotopic (exact) mass is 381 g/mol. The minimum atomic E-state index is -0.280. The Morgan fingerprint density at radius 2 is 1.74 bits per heavy atom. The molecule has 1 atom stereocenters. The van der Waals surface area contributed by atoms with E-state index in [2.05, 4.69) is 35.2 Å². The zero-order valence-electron chi connectivity index (χ0n) is 15.3. The van der Waals surface area contributed by atoms with Crippen LogP contribution < -0.4 is 16.0 Å². The first-order chi connectivity index (χ1) is 12.9. The van der Waals surface area contributed by atoms with Crippen LogP contribution in [0.1, 0.15) is 18.1 Å². The Hall–Kier alpha value is -2.99. The van der Waals surface area contributed by atoms with Gasteiger partial charge in [0.25, 0.3) is 0 Å². The Labute approximate surface area is 165 Å². The van der Waals surface area contributed by atoms with Crippen molar-refractivity contribution in [3.05, 3.63) is 72.3 Å². The fourth-order valence-corrected chi connectivity index (χ4v) is 2.61. The van der Waals surface area contributed by atoms with Gasteiger partial charge in [-0.2, -0.15) is 12.6 Å². The number of carbonyl (C=O) groups is 2. The fraction of sp³-hybridized carbons (Fsp3) is 0.143. The van der Waals surface area contributed by atoms with Crippen LogP contribution in [-0.4, -0.2) is 17.2 Å². The molecule has 0 bridgehead atoms. The largest absolute Gasteiger partial charge is 0.374 e. The number of hydrogen-bond donors (Lipinski definition) is 4. The van der Waals surface area contributed by atoms with Crippen LogP contribution in [0.5, 0.6) is 0 Å². The van der Waals surface area contributed by atoms with Gasteiger partial charge in [0.05, 0.1) is 5.37 Å². The summed E-state index contributed by atoms with van der Waals surface area (Å²) < 4.78 is 0. The second kappa shape index (κ2) is 9.64. The highest BCUT2D eigenvalue weighted by atomic mass is 32.1. The number of carbonyl (C=O) groups excluding carboxylic acids is 2. The minimum Gasteiger partial charge on any atom is -0.374 e. The van der Waals surface area contributed by atoms with Crippen molar-refractivity contribution in [2.24, 2.45) is 0 Å². The lowest BCUT2D eigenvalue weighted by atomic mass is 10.1. The third-order valence-electron chi connectivity index (χ3n) is 3.49. The Morgan fingerprint density at radius 3 is 2.44 bits per heavy atom. The van der Waals surface area contributed by atoms with Crippen LogP contribution in [0.3, 0.4) is 0 Å². The van der Waals surface area contributed by atoms with Crippen molar-refractivity contribution in [1.29, 1.82) is 0 Å². The molecule has 2 aromatic carbocycles. The van der Waals surface area contributed by atoms with E-state index >= 15 is 0 Å². The van der Waals surface area contributed by atoms with E-state index in [0.717, 1.165) is 16.8 Å². The summed E-state index contributed by atoms with van der Waals surface area (Å²) in [6.07, 6.45) is 4.36. The maximum Gasteiger partial charge on any atom is 0.248 e. The smallest absolute Gasteiger partial charge is 0.248 e. The van der Waals surface area contributed by atoms with E-state index in [4.69, 9.17) is 0 Å². The molecular formula is C21H23N3O2S. The first-order valence-electron chi connectivity index (χ1n) is 8.44. The molecule has 27 heavy (non-hydrogen) atoms. The number of nitrogens with one attached hydrogen (secondary N) is 3. The summed E-state index contributed by atoms with van der Waals surface area (Å²) in [5.74, 6) is -0.526.